The zero-order valence-electron chi connectivity index (χ0n) is 14.4. The maximum Gasteiger partial charge on any atom is 0.0223 e. The molecule has 4 unspecified atom stereocenters. The molecule has 3 fully saturated rings. The summed E-state index contributed by atoms with van der Waals surface area (Å²) in [5, 5.41) is 0. The normalized spacial score (nSPS) is 41.7. The number of fused-ring (bicyclic) bond motifs is 1. The Morgan fingerprint density at radius 2 is 1.90 bits per heavy atom. The smallest absolute Gasteiger partial charge is 0.0223 e. The Morgan fingerprint density at radius 1 is 1.10 bits per heavy atom. The van der Waals surface area contributed by atoms with E-state index in [4.69, 9.17) is 5.73 Å². The van der Waals surface area contributed by atoms with Crippen LogP contribution < -0.4 is 5.73 Å². The van der Waals surface area contributed by atoms with Crippen molar-refractivity contribution in [3.8, 4) is 0 Å². The first-order valence-corrected chi connectivity index (χ1v) is 9.21. The summed E-state index contributed by atoms with van der Waals surface area (Å²) in [5.41, 5.74) is 6.95. The van der Waals surface area contributed by atoms with Crippen molar-refractivity contribution in [2.75, 3.05) is 26.2 Å². The number of rotatable bonds is 2. The highest BCUT2D eigenvalue weighted by atomic mass is 15.3. The van der Waals surface area contributed by atoms with Gasteiger partial charge in [0.15, 0.2) is 0 Å². The fourth-order valence-electron chi connectivity index (χ4n) is 4.98. The molecule has 3 rings (SSSR count). The van der Waals surface area contributed by atoms with Gasteiger partial charge >= 0.3 is 0 Å². The molecular formula is C18H35N3. The maximum absolute atomic E-state index is 6.61. The summed E-state index contributed by atoms with van der Waals surface area (Å²) in [6.07, 6.45) is 8.25. The molecular weight excluding hydrogens is 258 g/mol. The zero-order valence-corrected chi connectivity index (χ0v) is 14.4. The van der Waals surface area contributed by atoms with Crippen molar-refractivity contribution in [2.45, 2.75) is 77.4 Å². The van der Waals surface area contributed by atoms with E-state index in [1.165, 1.54) is 64.7 Å². The molecule has 0 aromatic carbocycles. The lowest BCUT2D eigenvalue weighted by atomic mass is 9.68. The van der Waals surface area contributed by atoms with Gasteiger partial charge in [-0.05, 0) is 50.5 Å². The predicted molar refractivity (Wildman–Crippen MR) is 89.3 cm³/mol. The zero-order chi connectivity index (χ0) is 15.0. The monoisotopic (exact) mass is 293 g/mol. The minimum atomic E-state index is 0.332. The lowest BCUT2D eigenvalue weighted by Crippen LogP contribution is -2.61. The van der Waals surface area contributed by atoms with E-state index in [1.54, 1.807) is 0 Å². The Kier molecular flexibility index (Phi) is 4.63. The molecule has 2 heterocycles. The van der Waals surface area contributed by atoms with E-state index in [9.17, 15) is 0 Å². The van der Waals surface area contributed by atoms with Gasteiger partial charge in [0.25, 0.3) is 0 Å². The van der Waals surface area contributed by atoms with Crippen LogP contribution in [0.3, 0.4) is 0 Å². The van der Waals surface area contributed by atoms with Gasteiger partial charge in [0.1, 0.15) is 0 Å². The van der Waals surface area contributed by atoms with Crippen LogP contribution >= 0.6 is 0 Å². The van der Waals surface area contributed by atoms with E-state index < -0.39 is 0 Å². The average molecular weight is 293 g/mol. The minimum absolute atomic E-state index is 0.332. The van der Waals surface area contributed by atoms with Gasteiger partial charge in [-0.25, -0.2) is 0 Å². The van der Waals surface area contributed by atoms with Crippen molar-refractivity contribution < 1.29 is 0 Å². The molecule has 1 aliphatic carbocycles. The number of nitrogens with zero attached hydrogens (tertiary/aromatic N) is 2. The standard InChI is InChI=1S/C18H35N3/c1-14-11-20-10-5-4-8-16(20)13-21(14)12-15-7-6-9-18(2,3)17(15)19/h14-17H,4-13,19H2,1-3H3. The summed E-state index contributed by atoms with van der Waals surface area (Å²) in [5.74, 6) is 0.700. The number of hydrogen-bond donors (Lipinski definition) is 1. The molecule has 4 atom stereocenters. The van der Waals surface area contributed by atoms with Gasteiger partial charge in [0, 0.05) is 37.8 Å². The molecule has 0 spiro atoms. The van der Waals surface area contributed by atoms with Crippen molar-refractivity contribution >= 4 is 0 Å². The molecule has 2 N–H and O–H groups in total. The van der Waals surface area contributed by atoms with E-state index >= 15 is 0 Å². The van der Waals surface area contributed by atoms with Crippen LogP contribution in [0.2, 0.25) is 0 Å². The Bertz CT molecular complexity index is 354. The summed E-state index contributed by atoms with van der Waals surface area (Å²) in [4.78, 5) is 5.51. The summed E-state index contributed by atoms with van der Waals surface area (Å²) < 4.78 is 0. The molecule has 0 bridgehead atoms. The number of nitrogens with two attached hydrogens (primary N) is 1. The van der Waals surface area contributed by atoms with Crippen molar-refractivity contribution in [3.63, 3.8) is 0 Å². The topological polar surface area (TPSA) is 32.5 Å². The van der Waals surface area contributed by atoms with Gasteiger partial charge in [-0.3, -0.25) is 9.80 Å². The number of hydrogen-bond acceptors (Lipinski definition) is 3. The number of piperazine rings is 1. The first-order valence-electron chi connectivity index (χ1n) is 9.21. The van der Waals surface area contributed by atoms with E-state index in [0.29, 0.717) is 23.4 Å². The van der Waals surface area contributed by atoms with Crippen molar-refractivity contribution in [3.05, 3.63) is 0 Å². The van der Waals surface area contributed by atoms with E-state index in [-0.39, 0.29) is 0 Å². The van der Waals surface area contributed by atoms with E-state index in [2.05, 4.69) is 30.6 Å². The fourth-order valence-corrected chi connectivity index (χ4v) is 4.98. The Balaban J connectivity index is 1.61. The average Bonchev–Trinajstić information content (AvgIpc) is 2.44. The van der Waals surface area contributed by atoms with Gasteiger partial charge in [0.2, 0.25) is 0 Å². The Morgan fingerprint density at radius 3 is 2.71 bits per heavy atom. The highest BCUT2D eigenvalue weighted by Gasteiger charge is 2.39. The van der Waals surface area contributed by atoms with Gasteiger partial charge in [-0.15, -0.1) is 0 Å². The quantitative estimate of drug-likeness (QED) is 0.849. The summed E-state index contributed by atoms with van der Waals surface area (Å²) >= 11 is 0. The lowest BCUT2D eigenvalue weighted by molar-refractivity contribution is -0.00448. The molecule has 122 valence electrons. The Hall–Kier alpha value is -0.120. The van der Waals surface area contributed by atoms with Crippen molar-refractivity contribution in [1.82, 2.24) is 9.80 Å². The molecule has 3 nitrogen and oxygen atoms in total. The third-order valence-corrected chi connectivity index (χ3v) is 6.59. The molecule has 21 heavy (non-hydrogen) atoms. The molecule has 3 aliphatic rings. The number of piperidine rings is 1. The molecule has 1 saturated carbocycles. The van der Waals surface area contributed by atoms with E-state index in [0.717, 1.165) is 6.04 Å². The van der Waals surface area contributed by atoms with Crippen LogP contribution in [-0.2, 0) is 0 Å². The second kappa shape index (κ2) is 6.17. The van der Waals surface area contributed by atoms with Crippen LogP contribution in [0, 0.1) is 11.3 Å². The van der Waals surface area contributed by atoms with Gasteiger partial charge in [0.05, 0.1) is 0 Å². The predicted octanol–water partition coefficient (Wildman–Crippen LogP) is 2.70. The van der Waals surface area contributed by atoms with Crippen LogP contribution in [0.1, 0.15) is 59.3 Å². The SMILES string of the molecule is CC1CN2CCCCC2CN1CC1CCCC(C)(C)C1N. The van der Waals surface area contributed by atoms with Crippen LogP contribution in [0.15, 0.2) is 0 Å². The van der Waals surface area contributed by atoms with Crippen LogP contribution in [0.25, 0.3) is 0 Å². The summed E-state index contributed by atoms with van der Waals surface area (Å²) in [6, 6.07) is 1.90. The third kappa shape index (κ3) is 3.30. The molecule has 0 radical (unpaired) electrons. The van der Waals surface area contributed by atoms with Crippen molar-refractivity contribution in [1.29, 1.82) is 0 Å². The summed E-state index contributed by atoms with van der Waals surface area (Å²) in [7, 11) is 0. The molecule has 3 heteroatoms. The van der Waals surface area contributed by atoms with Crippen LogP contribution in [0.4, 0.5) is 0 Å². The van der Waals surface area contributed by atoms with Gasteiger partial charge in [-0.2, -0.15) is 0 Å². The molecule has 0 aromatic heterocycles. The molecule has 0 aromatic rings. The van der Waals surface area contributed by atoms with Crippen LogP contribution in [0.5, 0.6) is 0 Å². The minimum Gasteiger partial charge on any atom is -0.327 e. The highest BCUT2D eigenvalue weighted by molar-refractivity contribution is 4.95. The van der Waals surface area contributed by atoms with Gasteiger partial charge < -0.3 is 5.73 Å². The highest BCUT2D eigenvalue weighted by Crippen LogP contribution is 2.38. The summed E-state index contributed by atoms with van der Waals surface area (Å²) in [6.45, 7) is 12.3. The van der Waals surface area contributed by atoms with Crippen molar-refractivity contribution in [2.24, 2.45) is 17.1 Å². The third-order valence-electron chi connectivity index (χ3n) is 6.59. The molecule has 0 amide bonds. The second-order valence-electron chi connectivity index (χ2n) is 8.61. The first kappa shape index (κ1) is 15.8. The Labute approximate surface area is 131 Å². The second-order valence-corrected chi connectivity index (χ2v) is 8.61. The molecule has 2 aliphatic heterocycles. The lowest BCUT2D eigenvalue weighted by Gasteiger charge is -2.50. The molecule has 2 saturated heterocycles. The van der Waals surface area contributed by atoms with E-state index in [1.807, 2.05) is 0 Å². The van der Waals surface area contributed by atoms with Crippen LogP contribution in [-0.4, -0.2) is 54.1 Å². The maximum atomic E-state index is 6.61. The first-order chi connectivity index (χ1) is 9.97. The van der Waals surface area contributed by atoms with Gasteiger partial charge in [-0.1, -0.05) is 26.7 Å². The fraction of sp³-hybridized carbons (Fsp3) is 1.00. The largest absolute Gasteiger partial charge is 0.327 e.